The fourth-order valence-electron chi connectivity index (χ4n) is 2.08. The molecule has 3 rings (SSSR count). The first-order valence-corrected chi connectivity index (χ1v) is 11.3. The quantitative estimate of drug-likeness (QED) is 0.448. The van der Waals surface area contributed by atoms with Gasteiger partial charge in [-0.15, -0.1) is 0 Å². The van der Waals surface area contributed by atoms with Gasteiger partial charge in [0.15, 0.2) is 0 Å². The maximum absolute atomic E-state index is 12.9. The molecule has 1 atom stereocenters. The predicted molar refractivity (Wildman–Crippen MR) is 116 cm³/mol. The van der Waals surface area contributed by atoms with Gasteiger partial charge in [-0.25, -0.2) is 13.2 Å². The molecule has 6 heteroatoms. The Morgan fingerprint density at radius 1 is 0.700 bits per heavy atom. The molecule has 0 bridgehead atoms. The molecule has 0 aromatic carbocycles. The zero-order valence-corrected chi connectivity index (χ0v) is 20.7. The van der Waals surface area contributed by atoms with Gasteiger partial charge in [0, 0.05) is 6.42 Å². The second kappa shape index (κ2) is 10.1. The monoisotopic (exact) mass is 438 g/mol. The van der Waals surface area contributed by atoms with Crippen molar-refractivity contribution in [2.45, 2.75) is 123 Å². The van der Waals surface area contributed by atoms with Crippen molar-refractivity contribution in [1.82, 2.24) is 0 Å². The van der Waals surface area contributed by atoms with Crippen LogP contribution in [0.5, 0.6) is 0 Å². The zero-order valence-electron chi connectivity index (χ0n) is 20.7. The van der Waals surface area contributed by atoms with Crippen LogP contribution in [0.15, 0.2) is 0 Å². The average Bonchev–Trinajstić information content (AvgIpc) is 3.41. The highest BCUT2D eigenvalue weighted by atomic mass is 19.3. The highest BCUT2D eigenvalue weighted by Crippen LogP contribution is 2.48. The van der Waals surface area contributed by atoms with E-state index < -0.39 is 17.5 Å². The lowest BCUT2D eigenvalue weighted by molar-refractivity contribution is -0.0355. The van der Waals surface area contributed by atoms with Crippen LogP contribution < -0.4 is 0 Å². The minimum Gasteiger partial charge on any atom is -0.376 e. The van der Waals surface area contributed by atoms with E-state index in [1.807, 2.05) is 41.5 Å². The molecule has 0 aliphatic heterocycles. The molecule has 0 saturated heterocycles. The Kier molecular flexibility index (Phi) is 9.31. The van der Waals surface area contributed by atoms with E-state index in [1.54, 1.807) is 0 Å². The van der Waals surface area contributed by atoms with E-state index >= 15 is 0 Å². The molecule has 0 radical (unpaired) electrons. The van der Waals surface area contributed by atoms with Crippen LogP contribution in [0.2, 0.25) is 0 Å². The molecular formula is C24H45F3O3. The molecule has 3 fully saturated rings. The second-order valence-electron chi connectivity index (χ2n) is 12.0. The zero-order chi connectivity index (χ0) is 23.4. The summed E-state index contributed by atoms with van der Waals surface area (Å²) in [4.78, 5) is 0. The summed E-state index contributed by atoms with van der Waals surface area (Å²) in [7, 11) is 0. The summed E-state index contributed by atoms with van der Waals surface area (Å²) in [5, 5.41) is 0. The molecule has 1 unspecified atom stereocenters. The lowest BCUT2D eigenvalue weighted by Crippen LogP contribution is -2.24. The molecule has 0 aromatic heterocycles. The number of rotatable bonds is 6. The number of hydrogen-bond donors (Lipinski definition) is 0. The van der Waals surface area contributed by atoms with E-state index in [0.717, 1.165) is 12.5 Å². The van der Waals surface area contributed by atoms with Gasteiger partial charge in [-0.2, -0.15) is 0 Å². The van der Waals surface area contributed by atoms with Gasteiger partial charge in [-0.3, -0.25) is 0 Å². The molecule has 3 saturated carbocycles. The van der Waals surface area contributed by atoms with Crippen LogP contribution in [0.1, 0.15) is 94.4 Å². The third kappa shape index (κ3) is 15.5. The summed E-state index contributed by atoms with van der Waals surface area (Å²) in [6.45, 7) is 19.2. The Hall–Kier alpha value is -0.330. The van der Waals surface area contributed by atoms with Gasteiger partial charge in [0.2, 0.25) is 0 Å². The Balaban J connectivity index is 0.000000226. The molecule has 3 aliphatic rings. The first-order valence-electron chi connectivity index (χ1n) is 11.3. The van der Waals surface area contributed by atoms with E-state index in [1.165, 1.54) is 12.8 Å². The van der Waals surface area contributed by atoms with E-state index in [9.17, 15) is 13.2 Å². The minimum atomic E-state index is -2.44. The lowest BCUT2D eigenvalue weighted by atomic mass is 10.2. The van der Waals surface area contributed by atoms with Crippen LogP contribution in [-0.2, 0) is 14.2 Å². The Labute approximate surface area is 182 Å². The maximum atomic E-state index is 12.9. The topological polar surface area (TPSA) is 27.7 Å². The Morgan fingerprint density at radius 3 is 1.40 bits per heavy atom. The third-order valence-electron chi connectivity index (χ3n) is 4.68. The molecule has 0 N–H and O–H groups in total. The number of halogens is 3. The van der Waals surface area contributed by atoms with Crippen molar-refractivity contribution in [3.05, 3.63) is 0 Å². The van der Waals surface area contributed by atoms with Crippen LogP contribution >= 0.6 is 0 Å². The highest BCUT2D eigenvalue weighted by molar-refractivity contribution is 4.95. The second-order valence-corrected chi connectivity index (χ2v) is 12.0. The standard InChI is InChI=1S/C8H14F2O.C8H15FO.C8H16O/c1-7(2,3)11-5-6-4-8(6,9)10;1-7(2,3)10-6-8(9)4-5-8;1-8(2,3)9-6-7-4-5-7/h6H,4-5H2,1-3H3;4-6H2,1-3H3;7H,4-6H2,1-3H3. The molecule has 0 aromatic rings. The van der Waals surface area contributed by atoms with Gasteiger partial charge in [0.25, 0.3) is 5.92 Å². The summed E-state index contributed by atoms with van der Waals surface area (Å²) in [6, 6.07) is 0. The average molecular weight is 439 g/mol. The highest BCUT2D eigenvalue weighted by Gasteiger charge is 2.57. The van der Waals surface area contributed by atoms with Crippen LogP contribution in [0, 0.1) is 11.8 Å². The molecule has 3 aliphatic carbocycles. The largest absolute Gasteiger partial charge is 0.376 e. The van der Waals surface area contributed by atoms with Gasteiger partial charge < -0.3 is 14.2 Å². The van der Waals surface area contributed by atoms with Crippen LogP contribution in [0.3, 0.4) is 0 Å². The summed E-state index contributed by atoms with van der Waals surface area (Å²) < 4.78 is 53.5. The van der Waals surface area contributed by atoms with Crippen molar-refractivity contribution in [2.24, 2.45) is 11.8 Å². The van der Waals surface area contributed by atoms with Gasteiger partial charge >= 0.3 is 0 Å². The molecule has 0 spiro atoms. The number of ether oxygens (including phenoxy) is 3. The Bertz CT molecular complexity index is 502. The first kappa shape index (κ1) is 27.7. The van der Waals surface area contributed by atoms with Gasteiger partial charge in [0.05, 0.1) is 42.5 Å². The minimum absolute atomic E-state index is 0.00306. The summed E-state index contributed by atoms with van der Waals surface area (Å²) in [5.41, 5.74) is -1.38. The van der Waals surface area contributed by atoms with E-state index in [2.05, 4.69) is 20.8 Å². The van der Waals surface area contributed by atoms with Gasteiger partial charge in [-0.1, -0.05) is 0 Å². The lowest BCUT2D eigenvalue weighted by Gasteiger charge is -2.20. The molecule has 0 heterocycles. The predicted octanol–water partition coefficient (Wildman–Crippen LogP) is 6.97. The number of hydrogen-bond acceptors (Lipinski definition) is 3. The van der Waals surface area contributed by atoms with Crippen molar-refractivity contribution in [2.75, 3.05) is 19.8 Å². The van der Waals surface area contributed by atoms with Crippen molar-refractivity contribution in [1.29, 1.82) is 0 Å². The summed E-state index contributed by atoms with van der Waals surface area (Å²) >= 11 is 0. The molecule has 3 nitrogen and oxygen atoms in total. The van der Waals surface area contributed by atoms with Gasteiger partial charge in [-0.05, 0) is 93.9 Å². The molecule has 30 heavy (non-hydrogen) atoms. The van der Waals surface area contributed by atoms with Crippen molar-refractivity contribution in [3.8, 4) is 0 Å². The van der Waals surface area contributed by atoms with Crippen molar-refractivity contribution in [3.63, 3.8) is 0 Å². The normalized spacial score (nSPS) is 24.2. The van der Waals surface area contributed by atoms with Crippen LogP contribution in [0.4, 0.5) is 13.2 Å². The first-order chi connectivity index (χ1) is 13.3. The summed E-state index contributed by atoms with van der Waals surface area (Å²) in [6.07, 6.45) is 4.14. The maximum Gasteiger partial charge on any atom is 0.253 e. The van der Waals surface area contributed by atoms with Crippen LogP contribution in [-0.4, -0.2) is 48.2 Å². The smallest absolute Gasteiger partial charge is 0.253 e. The molecule has 0 amide bonds. The van der Waals surface area contributed by atoms with Crippen LogP contribution in [0.25, 0.3) is 0 Å². The fourth-order valence-corrected chi connectivity index (χ4v) is 2.08. The molecular weight excluding hydrogens is 393 g/mol. The van der Waals surface area contributed by atoms with Crippen molar-refractivity contribution < 1.29 is 27.4 Å². The van der Waals surface area contributed by atoms with E-state index in [4.69, 9.17) is 14.2 Å². The van der Waals surface area contributed by atoms with E-state index in [0.29, 0.717) is 12.8 Å². The Morgan fingerprint density at radius 2 is 1.10 bits per heavy atom. The SMILES string of the molecule is CC(C)(C)OCC1(F)CC1.CC(C)(C)OCC1CC1.CC(C)(C)OCC1CC1(F)F. The van der Waals surface area contributed by atoms with Crippen molar-refractivity contribution >= 4 is 0 Å². The number of alkyl halides is 3. The fraction of sp³-hybridized carbons (Fsp3) is 1.00. The third-order valence-corrected chi connectivity index (χ3v) is 4.68. The molecule has 180 valence electrons. The van der Waals surface area contributed by atoms with Gasteiger partial charge in [0.1, 0.15) is 5.67 Å². The summed E-state index contributed by atoms with van der Waals surface area (Å²) in [5.74, 6) is -2.07. The van der Waals surface area contributed by atoms with E-state index in [-0.39, 0.29) is 36.4 Å².